The summed E-state index contributed by atoms with van der Waals surface area (Å²) in [5.41, 5.74) is 1.59. The molecule has 0 bridgehead atoms. The normalized spacial score (nSPS) is 10.9. The van der Waals surface area contributed by atoms with Crippen LogP contribution in [0.25, 0.3) is 5.65 Å². The monoisotopic (exact) mass is 365 g/mol. The van der Waals surface area contributed by atoms with E-state index in [1.165, 1.54) is 11.8 Å². The number of fused-ring (bicyclic) bond motifs is 1. The van der Waals surface area contributed by atoms with Gasteiger partial charge in [0.05, 0.1) is 23.0 Å². The largest absolute Gasteiger partial charge is 0.350 e. The molecule has 23 heavy (non-hydrogen) atoms. The minimum absolute atomic E-state index is 0.0416. The number of carbonyl (C=O) groups is 1. The first-order chi connectivity index (χ1) is 11.1. The minimum atomic E-state index is -0.0416. The third-order valence-electron chi connectivity index (χ3n) is 3.12. The van der Waals surface area contributed by atoms with Crippen LogP contribution in [0.15, 0.2) is 53.7 Å². The number of hydrogen-bond donors (Lipinski definition) is 1. The van der Waals surface area contributed by atoms with Crippen LogP contribution in [0.5, 0.6) is 0 Å². The minimum Gasteiger partial charge on any atom is -0.350 e. The molecule has 3 rings (SSSR count). The average molecular weight is 366 g/mol. The van der Waals surface area contributed by atoms with Crippen LogP contribution < -0.4 is 5.32 Å². The van der Waals surface area contributed by atoms with Gasteiger partial charge < -0.3 is 9.72 Å². The molecule has 118 valence electrons. The molecule has 0 aliphatic heterocycles. The summed E-state index contributed by atoms with van der Waals surface area (Å²) in [6.45, 7) is 0.388. The predicted octanol–water partition coefficient (Wildman–Crippen LogP) is 4.05. The Hall–Kier alpha value is -1.69. The Morgan fingerprint density at radius 3 is 2.61 bits per heavy atom. The number of rotatable bonds is 5. The molecule has 0 aliphatic rings. The van der Waals surface area contributed by atoms with E-state index in [0.29, 0.717) is 22.3 Å². The molecule has 0 saturated carbocycles. The zero-order valence-electron chi connectivity index (χ0n) is 12.0. The van der Waals surface area contributed by atoms with E-state index < -0.39 is 0 Å². The summed E-state index contributed by atoms with van der Waals surface area (Å²) < 4.78 is 1.84. The molecule has 0 fully saturated rings. The Bertz CT molecular complexity index is 833. The second-order valence-corrected chi connectivity index (χ2v) is 6.79. The molecule has 0 radical (unpaired) electrons. The van der Waals surface area contributed by atoms with Crippen LogP contribution in [0.3, 0.4) is 0 Å². The summed E-state index contributed by atoms with van der Waals surface area (Å²) >= 11 is 13.2. The first-order valence-corrected chi connectivity index (χ1v) is 8.62. The van der Waals surface area contributed by atoms with E-state index in [1.54, 1.807) is 12.3 Å². The number of nitrogens with zero attached hydrogens (tertiary/aromatic N) is 2. The summed E-state index contributed by atoms with van der Waals surface area (Å²) in [6, 6.07) is 11.0. The highest BCUT2D eigenvalue weighted by Crippen LogP contribution is 2.20. The van der Waals surface area contributed by atoms with Crippen LogP contribution in [0.1, 0.15) is 5.69 Å². The lowest BCUT2D eigenvalue weighted by atomic mass is 10.4. The molecule has 0 unspecified atom stereocenters. The van der Waals surface area contributed by atoms with Gasteiger partial charge in [-0.2, -0.15) is 0 Å². The standard InChI is InChI=1S/C16H13Cl2N3OS/c17-11-1-4-14(5-2-11)23-10-16(22)19-7-13-9-21-8-12(18)3-6-15(21)20-13/h1-6,8-9H,7,10H2,(H,19,22). The van der Waals surface area contributed by atoms with Crippen LogP contribution in [0.2, 0.25) is 10.0 Å². The van der Waals surface area contributed by atoms with Gasteiger partial charge in [-0.1, -0.05) is 23.2 Å². The highest BCUT2D eigenvalue weighted by Gasteiger charge is 2.06. The number of halogens is 2. The fourth-order valence-electron chi connectivity index (χ4n) is 2.02. The van der Waals surface area contributed by atoms with Crippen molar-refractivity contribution in [2.24, 2.45) is 0 Å². The molecule has 1 aromatic carbocycles. The van der Waals surface area contributed by atoms with Crippen molar-refractivity contribution in [1.82, 2.24) is 14.7 Å². The van der Waals surface area contributed by atoms with Crippen LogP contribution in [-0.2, 0) is 11.3 Å². The van der Waals surface area contributed by atoms with Gasteiger partial charge in [-0.25, -0.2) is 4.98 Å². The van der Waals surface area contributed by atoms with E-state index in [-0.39, 0.29) is 5.91 Å². The lowest BCUT2D eigenvalue weighted by Gasteiger charge is -2.03. The number of hydrogen-bond acceptors (Lipinski definition) is 3. The van der Waals surface area contributed by atoms with E-state index in [2.05, 4.69) is 10.3 Å². The number of aromatic nitrogens is 2. The van der Waals surface area contributed by atoms with E-state index >= 15 is 0 Å². The summed E-state index contributed by atoms with van der Waals surface area (Å²) in [5, 5.41) is 4.19. The third-order valence-corrected chi connectivity index (χ3v) is 4.60. The summed E-state index contributed by atoms with van der Waals surface area (Å²) in [5.74, 6) is 0.306. The van der Waals surface area contributed by atoms with E-state index in [4.69, 9.17) is 23.2 Å². The van der Waals surface area contributed by atoms with Gasteiger partial charge in [-0.05, 0) is 36.4 Å². The first kappa shape index (κ1) is 16.2. The summed E-state index contributed by atoms with van der Waals surface area (Å²) in [7, 11) is 0. The van der Waals surface area contributed by atoms with Gasteiger partial charge >= 0.3 is 0 Å². The lowest BCUT2D eigenvalue weighted by molar-refractivity contribution is -0.118. The van der Waals surface area contributed by atoms with Crippen molar-refractivity contribution in [3.8, 4) is 0 Å². The average Bonchev–Trinajstić information content (AvgIpc) is 2.94. The second-order valence-electron chi connectivity index (χ2n) is 4.86. The number of nitrogens with one attached hydrogen (secondary N) is 1. The zero-order valence-corrected chi connectivity index (χ0v) is 14.3. The van der Waals surface area contributed by atoms with Gasteiger partial charge in [0.15, 0.2) is 0 Å². The SMILES string of the molecule is O=C(CSc1ccc(Cl)cc1)NCc1cn2cc(Cl)ccc2n1. The van der Waals surface area contributed by atoms with Gasteiger partial charge in [0.1, 0.15) is 5.65 Å². The van der Waals surface area contributed by atoms with Gasteiger partial charge in [0.25, 0.3) is 0 Å². The fraction of sp³-hybridized carbons (Fsp3) is 0.125. The van der Waals surface area contributed by atoms with E-state index in [1.807, 2.05) is 40.9 Å². The summed E-state index contributed by atoms with van der Waals surface area (Å²) in [6.07, 6.45) is 3.64. The topological polar surface area (TPSA) is 46.4 Å². The highest BCUT2D eigenvalue weighted by molar-refractivity contribution is 8.00. The molecule has 0 aliphatic carbocycles. The maximum Gasteiger partial charge on any atom is 0.230 e. The van der Waals surface area contributed by atoms with Crippen molar-refractivity contribution in [2.45, 2.75) is 11.4 Å². The number of imidazole rings is 1. The number of amides is 1. The molecule has 1 N–H and O–H groups in total. The Kier molecular flexibility index (Phi) is 5.10. The Balaban J connectivity index is 1.52. The third kappa shape index (κ3) is 4.41. The highest BCUT2D eigenvalue weighted by atomic mass is 35.5. The first-order valence-electron chi connectivity index (χ1n) is 6.88. The molecule has 0 saturated heterocycles. The molecule has 4 nitrogen and oxygen atoms in total. The fourth-order valence-corrected chi connectivity index (χ4v) is 3.04. The molecule has 7 heteroatoms. The van der Waals surface area contributed by atoms with Gasteiger partial charge in [-0.3, -0.25) is 4.79 Å². The van der Waals surface area contributed by atoms with Gasteiger partial charge in [-0.15, -0.1) is 11.8 Å². The predicted molar refractivity (Wildman–Crippen MR) is 94.2 cm³/mol. The van der Waals surface area contributed by atoms with Crippen molar-refractivity contribution in [1.29, 1.82) is 0 Å². The Morgan fingerprint density at radius 1 is 1.09 bits per heavy atom. The van der Waals surface area contributed by atoms with Gasteiger partial charge in [0, 0.05) is 22.3 Å². The maximum atomic E-state index is 11.9. The summed E-state index contributed by atoms with van der Waals surface area (Å²) in [4.78, 5) is 17.3. The molecular weight excluding hydrogens is 353 g/mol. The lowest BCUT2D eigenvalue weighted by Crippen LogP contribution is -2.24. The zero-order chi connectivity index (χ0) is 16.2. The van der Waals surface area contributed by atoms with Crippen molar-refractivity contribution in [3.63, 3.8) is 0 Å². The number of pyridine rings is 1. The van der Waals surface area contributed by atoms with Crippen LogP contribution >= 0.6 is 35.0 Å². The molecule has 2 heterocycles. The van der Waals surface area contributed by atoms with E-state index in [9.17, 15) is 4.79 Å². The number of thioether (sulfide) groups is 1. The Morgan fingerprint density at radius 2 is 1.83 bits per heavy atom. The van der Waals surface area contributed by atoms with Crippen molar-refractivity contribution in [2.75, 3.05) is 5.75 Å². The van der Waals surface area contributed by atoms with E-state index in [0.717, 1.165) is 16.2 Å². The van der Waals surface area contributed by atoms with Crippen LogP contribution in [0.4, 0.5) is 0 Å². The van der Waals surface area contributed by atoms with Crippen LogP contribution in [0, 0.1) is 0 Å². The Labute approximate surface area is 147 Å². The van der Waals surface area contributed by atoms with Crippen molar-refractivity contribution in [3.05, 3.63) is 64.5 Å². The van der Waals surface area contributed by atoms with Crippen molar-refractivity contribution >= 4 is 46.5 Å². The van der Waals surface area contributed by atoms with Crippen molar-refractivity contribution < 1.29 is 4.79 Å². The molecule has 0 spiro atoms. The quantitative estimate of drug-likeness (QED) is 0.693. The van der Waals surface area contributed by atoms with Crippen LogP contribution in [-0.4, -0.2) is 21.0 Å². The molecule has 2 aromatic heterocycles. The number of benzene rings is 1. The molecular formula is C16H13Cl2N3OS. The maximum absolute atomic E-state index is 11.9. The molecule has 3 aromatic rings. The molecule has 0 atom stereocenters. The molecule has 1 amide bonds. The number of carbonyl (C=O) groups excluding carboxylic acids is 1. The van der Waals surface area contributed by atoms with Gasteiger partial charge in [0.2, 0.25) is 5.91 Å². The second kappa shape index (κ2) is 7.25. The smallest absolute Gasteiger partial charge is 0.230 e.